The summed E-state index contributed by atoms with van der Waals surface area (Å²) in [6.45, 7) is 3.80. The lowest BCUT2D eigenvalue weighted by atomic mass is 10.3. The summed E-state index contributed by atoms with van der Waals surface area (Å²) in [6.07, 6.45) is 1.51. The molecule has 0 aliphatic carbocycles. The first-order valence-corrected chi connectivity index (χ1v) is 4.77. The van der Waals surface area contributed by atoms with E-state index in [0.29, 0.717) is 5.76 Å². The Morgan fingerprint density at radius 2 is 2.31 bits per heavy atom. The Morgan fingerprint density at radius 3 is 2.94 bits per heavy atom. The SMILES string of the molecule is CCOC(=O)c1nnc(-c2occc2C)o1. The molecule has 6 nitrogen and oxygen atoms in total. The van der Waals surface area contributed by atoms with Crippen LogP contribution in [0.5, 0.6) is 0 Å². The highest BCUT2D eigenvalue weighted by atomic mass is 16.5. The molecule has 0 radical (unpaired) electrons. The Bertz CT molecular complexity index is 500. The van der Waals surface area contributed by atoms with Crippen molar-refractivity contribution in [3.8, 4) is 11.7 Å². The topological polar surface area (TPSA) is 78.4 Å². The molecule has 2 aromatic heterocycles. The number of furan rings is 1. The highest BCUT2D eigenvalue weighted by Crippen LogP contribution is 2.22. The summed E-state index contributed by atoms with van der Waals surface area (Å²) >= 11 is 0. The van der Waals surface area contributed by atoms with Gasteiger partial charge in [0.25, 0.3) is 5.89 Å². The number of nitrogens with zero attached hydrogens (tertiary/aromatic N) is 2. The van der Waals surface area contributed by atoms with Gasteiger partial charge in [-0.1, -0.05) is 0 Å². The molecule has 16 heavy (non-hydrogen) atoms. The quantitative estimate of drug-likeness (QED) is 0.737. The molecule has 2 heterocycles. The number of hydrogen-bond acceptors (Lipinski definition) is 6. The van der Waals surface area contributed by atoms with Crippen molar-refractivity contribution in [3.05, 3.63) is 23.8 Å². The lowest BCUT2D eigenvalue weighted by Gasteiger charge is -1.94. The van der Waals surface area contributed by atoms with Crippen molar-refractivity contribution < 1.29 is 18.4 Å². The number of hydrogen-bond donors (Lipinski definition) is 0. The highest BCUT2D eigenvalue weighted by molar-refractivity contribution is 5.84. The molecule has 0 N–H and O–H groups in total. The molecule has 84 valence electrons. The van der Waals surface area contributed by atoms with Gasteiger partial charge < -0.3 is 13.6 Å². The molecule has 2 aromatic rings. The fraction of sp³-hybridized carbons (Fsp3) is 0.300. The molecule has 0 amide bonds. The molecule has 0 spiro atoms. The van der Waals surface area contributed by atoms with Crippen molar-refractivity contribution in [1.29, 1.82) is 0 Å². The van der Waals surface area contributed by atoms with Gasteiger partial charge >= 0.3 is 11.9 Å². The molecular formula is C10H10N2O4. The van der Waals surface area contributed by atoms with Gasteiger partial charge in [0.1, 0.15) is 0 Å². The van der Waals surface area contributed by atoms with E-state index >= 15 is 0 Å². The maximum absolute atomic E-state index is 11.3. The number of aromatic nitrogens is 2. The number of aryl methyl sites for hydroxylation is 1. The van der Waals surface area contributed by atoms with E-state index < -0.39 is 5.97 Å². The van der Waals surface area contributed by atoms with Crippen LogP contribution in [0.4, 0.5) is 0 Å². The van der Waals surface area contributed by atoms with Crippen LogP contribution in [0.1, 0.15) is 23.2 Å². The second-order valence-corrected chi connectivity index (χ2v) is 3.07. The van der Waals surface area contributed by atoms with Gasteiger partial charge in [0.05, 0.1) is 12.9 Å². The maximum Gasteiger partial charge on any atom is 0.396 e. The maximum atomic E-state index is 11.3. The smallest absolute Gasteiger partial charge is 0.396 e. The second-order valence-electron chi connectivity index (χ2n) is 3.07. The van der Waals surface area contributed by atoms with Gasteiger partial charge in [0.2, 0.25) is 0 Å². The Labute approximate surface area is 91.2 Å². The van der Waals surface area contributed by atoms with Crippen molar-refractivity contribution in [2.24, 2.45) is 0 Å². The first-order chi connectivity index (χ1) is 7.72. The van der Waals surface area contributed by atoms with Gasteiger partial charge in [-0.2, -0.15) is 0 Å². The second kappa shape index (κ2) is 4.18. The highest BCUT2D eigenvalue weighted by Gasteiger charge is 2.19. The van der Waals surface area contributed by atoms with E-state index in [1.54, 1.807) is 13.0 Å². The van der Waals surface area contributed by atoms with Crippen molar-refractivity contribution in [3.63, 3.8) is 0 Å². The Kier molecular flexibility index (Phi) is 2.72. The van der Waals surface area contributed by atoms with Gasteiger partial charge in [-0.3, -0.25) is 0 Å². The van der Waals surface area contributed by atoms with E-state index in [9.17, 15) is 4.79 Å². The van der Waals surface area contributed by atoms with Crippen LogP contribution in [0.25, 0.3) is 11.7 Å². The molecule has 0 unspecified atom stereocenters. The summed E-state index contributed by atoms with van der Waals surface area (Å²) in [4.78, 5) is 11.3. The minimum absolute atomic E-state index is 0.172. The third-order valence-corrected chi connectivity index (χ3v) is 1.93. The molecule has 0 aromatic carbocycles. The zero-order valence-electron chi connectivity index (χ0n) is 8.89. The summed E-state index contributed by atoms with van der Waals surface area (Å²) in [5.41, 5.74) is 0.860. The molecule has 0 saturated heterocycles. The summed E-state index contributed by atoms with van der Waals surface area (Å²) in [6, 6.07) is 1.77. The third-order valence-electron chi connectivity index (χ3n) is 1.93. The van der Waals surface area contributed by atoms with Gasteiger partial charge in [-0.05, 0) is 19.9 Å². The van der Waals surface area contributed by atoms with Crippen molar-refractivity contribution in [1.82, 2.24) is 10.2 Å². The Balaban J connectivity index is 2.26. The molecule has 0 saturated carbocycles. The summed E-state index contributed by atoms with van der Waals surface area (Å²) in [5.74, 6) is -0.174. The van der Waals surface area contributed by atoms with E-state index in [1.165, 1.54) is 6.26 Å². The minimum Gasteiger partial charge on any atom is -0.459 e. The molecule has 0 aliphatic heterocycles. The lowest BCUT2D eigenvalue weighted by molar-refractivity contribution is 0.0481. The van der Waals surface area contributed by atoms with Crippen molar-refractivity contribution in [2.45, 2.75) is 13.8 Å². The first kappa shape index (κ1) is 10.4. The van der Waals surface area contributed by atoms with Crippen LogP contribution in [0.15, 0.2) is 21.2 Å². The molecule has 6 heteroatoms. The Morgan fingerprint density at radius 1 is 1.50 bits per heavy atom. The van der Waals surface area contributed by atoms with Gasteiger partial charge in [0, 0.05) is 5.56 Å². The van der Waals surface area contributed by atoms with Crippen LogP contribution in [0, 0.1) is 6.92 Å². The molecule has 2 rings (SSSR count). The predicted octanol–water partition coefficient (Wildman–Crippen LogP) is 1.81. The van der Waals surface area contributed by atoms with Crippen molar-refractivity contribution in [2.75, 3.05) is 6.61 Å². The number of ether oxygens (including phenoxy) is 1. The number of carbonyl (C=O) groups is 1. The number of rotatable bonds is 3. The summed E-state index contributed by atoms with van der Waals surface area (Å²) in [5, 5.41) is 7.29. The van der Waals surface area contributed by atoms with Crippen LogP contribution < -0.4 is 0 Å². The van der Waals surface area contributed by atoms with Gasteiger partial charge in [-0.25, -0.2) is 4.79 Å². The zero-order valence-corrected chi connectivity index (χ0v) is 8.89. The normalized spacial score (nSPS) is 10.4. The molecule has 0 fully saturated rings. The van der Waals surface area contributed by atoms with Crippen molar-refractivity contribution >= 4 is 5.97 Å². The fourth-order valence-electron chi connectivity index (χ4n) is 1.18. The van der Waals surface area contributed by atoms with E-state index in [2.05, 4.69) is 10.2 Å². The van der Waals surface area contributed by atoms with Crippen LogP contribution >= 0.6 is 0 Å². The van der Waals surface area contributed by atoms with E-state index in [1.807, 2.05) is 6.92 Å². The van der Waals surface area contributed by atoms with Crippen LogP contribution in [-0.2, 0) is 4.74 Å². The minimum atomic E-state index is -0.634. The summed E-state index contributed by atoms with van der Waals surface area (Å²) in [7, 11) is 0. The average molecular weight is 222 g/mol. The molecule has 0 bridgehead atoms. The zero-order chi connectivity index (χ0) is 11.5. The van der Waals surface area contributed by atoms with E-state index in [0.717, 1.165) is 5.56 Å². The van der Waals surface area contributed by atoms with Crippen LogP contribution in [0.2, 0.25) is 0 Å². The third kappa shape index (κ3) is 1.81. The van der Waals surface area contributed by atoms with Gasteiger partial charge in [-0.15, -0.1) is 10.2 Å². The monoisotopic (exact) mass is 222 g/mol. The summed E-state index contributed by atoms with van der Waals surface area (Å²) < 4.78 is 15.0. The number of esters is 1. The van der Waals surface area contributed by atoms with Gasteiger partial charge in [0.15, 0.2) is 5.76 Å². The van der Waals surface area contributed by atoms with E-state index in [-0.39, 0.29) is 18.4 Å². The average Bonchev–Trinajstić information content (AvgIpc) is 2.86. The lowest BCUT2D eigenvalue weighted by Crippen LogP contribution is -2.04. The molecule has 0 atom stereocenters. The largest absolute Gasteiger partial charge is 0.459 e. The standard InChI is InChI=1S/C10H10N2O4/c1-3-14-10(13)9-12-11-8(16-9)7-6(2)4-5-15-7/h4-5H,3H2,1-2H3. The predicted molar refractivity (Wildman–Crippen MR) is 52.7 cm³/mol. The van der Waals surface area contributed by atoms with Crippen LogP contribution in [-0.4, -0.2) is 22.8 Å². The number of carbonyl (C=O) groups excluding carboxylic acids is 1. The Hall–Kier alpha value is -2.11. The van der Waals surface area contributed by atoms with E-state index in [4.69, 9.17) is 13.6 Å². The first-order valence-electron chi connectivity index (χ1n) is 4.77. The molecule has 0 aliphatic rings. The van der Waals surface area contributed by atoms with Crippen LogP contribution in [0.3, 0.4) is 0 Å². The fourth-order valence-corrected chi connectivity index (χ4v) is 1.18. The molecular weight excluding hydrogens is 212 g/mol.